The minimum absolute atomic E-state index is 0.0967. The van der Waals surface area contributed by atoms with Gasteiger partial charge < -0.3 is 4.74 Å². The van der Waals surface area contributed by atoms with Crippen LogP contribution in [-0.2, 0) is 0 Å². The lowest BCUT2D eigenvalue weighted by molar-refractivity contribution is 0.269. The molecule has 0 fully saturated rings. The van der Waals surface area contributed by atoms with Crippen molar-refractivity contribution in [1.82, 2.24) is 0 Å². The van der Waals surface area contributed by atoms with Gasteiger partial charge in [-0.3, -0.25) is 0 Å². The molecule has 0 saturated heterocycles. The van der Waals surface area contributed by atoms with Gasteiger partial charge in [-0.2, -0.15) is 0 Å². The van der Waals surface area contributed by atoms with Gasteiger partial charge in [0.2, 0.25) is 0 Å². The predicted molar refractivity (Wildman–Crippen MR) is 61.0 cm³/mol. The van der Waals surface area contributed by atoms with Crippen LogP contribution in [0, 0.1) is 17.6 Å². The predicted octanol–water partition coefficient (Wildman–Crippen LogP) is 4.00. The zero-order chi connectivity index (χ0) is 12.0. The van der Waals surface area contributed by atoms with Crippen molar-refractivity contribution in [2.24, 2.45) is 5.92 Å². The third kappa shape index (κ3) is 4.35. The topological polar surface area (TPSA) is 9.23 Å². The fourth-order valence-corrected chi connectivity index (χ4v) is 1.67. The molecule has 1 nitrogen and oxygen atoms in total. The second-order valence-corrected chi connectivity index (χ2v) is 4.17. The van der Waals surface area contributed by atoms with Crippen LogP contribution in [0.2, 0.25) is 0 Å². The van der Waals surface area contributed by atoms with E-state index in [0.29, 0.717) is 18.4 Å². The van der Waals surface area contributed by atoms with E-state index >= 15 is 0 Å². The van der Waals surface area contributed by atoms with Crippen molar-refractivity contribution in [2.75, 3.05) is 12.5 Å². The molecule has 0 N–H and O–H groups in total. The maximum atomic E-state index is 13.1. The van der Waals surface area contributed by atoms with Crippen molar-refractivity contribution in [2.45, 2.75) is 19.8 Å². The highest BCUT2D eigenvalue weighted by molar-refractivity contribution is 6.17. The molecule has 0 aliphatic rings. The molecule has 4 heteroatoms. The molecule has 0 radical (unpaired) electrons. The first kappa shape index (κ1) is 13.2. The summed E-state index contributed by atoms with van der Waals surface area (Å²) in [6.45, 7) is 2.48. The third-order valence-corrected chi connectivity index (χ3v) is 2.58. The second-order valence-electron chi connectivity index (χ2n) is 3.79. The summed E-state index contributed by atoms with van der Waals surface area (Å²) in [4.78, 5) is 0. The SMILES string of the molecule is CC(CCCl)CCOc1ccc(F)cc1F. The molecule has 16 heavy (non-hydrogen) atoms. The maximum Gasteiger partial charge on any atom is 0.167 e. The fourth-order valence-electron chi connectivity index (χ4n) is 1.29. The largest absolute Gasteiger partial charge is 0.491 e. The Morgan fingerprint density at radius 3 is 2.69 bits per heavy atom. The van der Waals surface area contributed by atoms with Crippen LogP contribution in [0.1, 0.15) is 19.8 Å². The molecule has 0 aliphatic heterocycles. The van der Waals surface area contributed by atoms with E-state index in [4.69, 9.17) is 16.3 Å². The molecule has 0 bridgehead atoms. The van der Waals surface area contributed by atoms with E-state index in [0.717, 1.165) is 18.9 Å². The highest BCUT2D eigenvalue weighted by atomic mass is 35.5. The number of ether oxygens (including phenoxy) is 1. The van der Waals surface area contributed by atoms with Crippen LogP contribution in [0.4, 0.5) is 8.78 Å². The molecule has 1 unspecified atom stereocenters. The molecule has 0 saturated carbocycles. The molecule has 1 rings (SSSR count). The molecule has 90 valence electrons. The molecule has 1 aromatic carbocycles. The van der Waals surface area contributed by atoms with Crippen LogP contribution in [0.3, 0.4) is 0 Å². The number of alkyl halides is 1. The maximum absolute atomic E-state index is 13.1. The Balaban J connectivity index is 2.37. The van der Waals surface area contributed by atoms with Crippen molar-refractivity contribution >= 4 is 11.6 Å². The average Bonchev–Trinajstić information content (AvgIpc) is 2.22. The summed E-state index contributed by atoms with van der Waals surface area (Å²) >= 11 is 5.59. The third-order valence-electron chi connectivity index (χ3n) is 2.36. The summed E-state index contributed by atoms with van der Waals surface area (Å²) in [7, 11) is 0. The molecule has 0 spiro atoms. The standard InChI is InChI=1S/C12H15ClF2O/c1-9(4-6-13)5-7-16-12-3-2-10(14)8-11(12)15/h2-3,8-9H,4-7H2,1H3. The van der Waals surface area contributed by atoms with Crippen LogP contribution in [-0.4, -0.2) is 12.5 Å². The summed E-state index contributed by atoms with van der Waals surface area (Å²) in [5.41, 5.74) is 0. The number of hydrogen-bond donors (Lipinski definition) is 0. The van der Waals surface area contributed by atoms with Crippen LogP contribution >= 0.6 is 11.6 Å². The van der Waals surface area contributed by atoms with Gasteiger partial charge in [0.05, 0.1) is 6.61 Å². The van der Waals surface area contributed by atoms with Gasteiger partial charge in [0.1, 0.15) is 5.82 Å². The molecule has 0 amide bonds. The minimum Gasteiger partial charge on any atom is -0.491 e. The van der Waals surface area contributed by atoms with E-state index in [1.54, 1.807) is 0 Å². The van der Waals surface area contributed by atoms with Crippen LogP contribution in [0.25, 0.3) is 0 Å². The van der Waals surface area contributed by atoms with E-state index < -0.39 is 11.6 Å². The van der Waals surface area contributed by atoms with Gasteiger partial charge in [-0.05, 0) is 30.9 Å². The zero-order valence-corrected chi connectivity index (χ0v) is 9.94. The van der Waals surface area contributed by atoms with Crippen molar-refractivity contribution in [3.05, 3.63) is 29.8 Å². The van der Waals surface area contributed by atoms with E-state index in [9.17, 15) is 8.78 Å². The Morgan fingerprint density at radius 2 is 2.06 bits per heavy atom. The highest BCUT2D eigenvalue weighted by Crippen LogP contribution is 2.18. The Bertz CT molecular complexity index is 331. The number of benzene rings is 1. The van der Waals surface area contributed by atoms with Gasteiger partial charge in [0.15, 0.2) is 11.6 Å². The summed E-state index contributed by atoms with van der Waals surface area (Å²) in [5.74, 6) is -0.0997. The van der Waals surface area contributed by atoms with E-state index in [1.165, 1.54) is 12.1 Å². The lowest BCUT2D eigenvalue weighted by Gasteiger charge is -2.11. The Labute approximate surface area is 99.4 Å². The lowest BCUT2D eigenvalue weighted by atomic mass is 10.1. The number of halogens is 3. The zero-order valence-electron chi connectivity index (χ0n) is 9.18. The van der Waals surface area contributed by atoms with Crippen molar-refractivity contribution in [1.29, 1.82) is 0 Å². The lowest BCUT2D eigenvalue weighted by Crippen LogP contribution is -2.05. The van der Waals surface area contributed by atoms with E-state index in [1.807, 2.05) is 0 Å². The first-order valence-corrected chi connectivity index (χ1v) is 5.80. The second kappa shape index (κ2) is 6.69. The monoisotopic (exact) mass is 248 g/mol. The summed E-state index contributed by atoms with van der Waals surface area (Å²) in [6, 6.07) is 3.30. The Kier molecular flexibility index (Phi) is 5.53. The normalized spacial score (nSPS) is 12.5. The van der Waals surface area contributed by atoms with Gasteiger partial charge in [-0.1, -0.05) is 6.92 Å². The Morgan fingerprint density at radius 1 is 1.31 bits per heavy atom. The molecule has 0 aliphatic carbocycles. The summed E-state index contributed by atoms with van der Waals surface area (Å²) in [6.07, 6.45) is 1.72. The van der Waals surface area contributed by atoms with Gasteiger partial charge in [-0.15, -0.1) is 11.6 Å². The van der Waals surface area contributed by atoms with Crippen LogP contribution < -0.4 is 4.74 Å². The highest BCUT2D eigenvalue weighted by Gasteiger charge is 2.06. The van der Waals surface area contributed by atoms with Gasteiger partial charge in [-0.25, -0.2) is 8.78 Å². The van der Waals surface area contributed by atoms with Gasteiger partial charge in [0.25, 0.3) is 0 Å². The van der Waals surface area contributed by atoms with Crippen molar-refractivity contribution in [3.63, 3.8) is 0 Å². The van der Waals surface area contributed by atoms with Crippen molar-refractivity contribution in [3.8, 4) is 5.75 Å². The van der Waals surface area contributed by atoms with Gasteiger partial charge >= 0.3 is 0 Å². The number of hydrogen-bond acceptors (Lipinski definition) is 1. The van der Waals surface area contributed by atoms with Crippen LogP contribution in [0.5, 0.6) is 5.75 Å². The average molecular weight is 249 g/mol. The smallest absolute Gasteiger partial charge is 0.167 e. The Hall–Kier alpha value is -0.830. The van der Waals surface area contributed by atoms with E-state index in [2.05, 4.69) is 6.92 Å². The van der Waals surface area contributed by atoms with Crippen molar-refractivity contribution < 1.29 is 13.5 Å². The first-order valence-electron chi connectivity index (χ1n) is 5.27. The quantitative estimate of drug-likeness (QED) is 0.692. The molecule has 1 aromatic rings. The molecule has 0 heterocycles. The number of rotatable bonds is 6. The van der Waals surface area contributed by atoms with Gasteiger partial charge in [0, 0.05) is 11.9 Å². The first-order chi connectivity index (χ1) is 7.63. The fraction of sp³-hybridized carbons (Fsp3) is 0.500. The summed E-state index contributed by atoms with van der Waals surface area (Å²) in [5, 5.41) is 0. The van der Waals surface area contributed by atoms with Crippen LogP contribution in [0.15, 0.2) is 18.2 Å². The van der Waals surface area contributed by atoms with E-state index in [-0.39, 0.29) is 5.75 Å². The molecular formula is C12H15ClF2O. The molecule has 0 aromatic heterocycles. The molecular weight excluding hydrogens is 234 g/mol. The minimum atomic E-state index is -0.662. The molecule has 1 atom stereocenters. The summed E-state index contributed by atoms with van der Waals surface area (Å²) < 4.78 is 30.9.